The molecule has 1 aliphatic heterocycles. The zero-order chi connectivity index (χ0) is 21.0. The van der Waals surface area contributed by atoms with Crippen LogP contribution >= 0.6 is 11.3 Å². The van der Waals surface area contributed by atoms with Crippen molar-refractivity contribution in [2.45, 2.75) is 59.0 Å². The van der Waals surface area contributed by atoms with E-state index in [1.807, 2.05) is 26.0 Å². The molecule has 0 unspecified atom stereocenters. The molecule has 3 rings (SSSR count). The van der Waals surface area contributed by atoms with Crippen LogP contribution in [-0.4, -0.2) is 31.2 Å². The Hall–Kier alpha value is -2.18. The normalized spacial score (nSPS) is 16.2. The summed E-state index contributed by atoms with van der Waals surface area (Å²) in [5.41, 5.74) is 3.45. The van der Waals surface area contributed by atoms with E-state index in [1.165, 1.54) is 16.9 Å². The lowest BCUT2D eigenvalue weighted by Gasteiger charge is -2.12. The monoisotopic (exact) mass is 415 g/mol. The van der Waals surface area contributed by atoms with Crippen LogP contribution in [-0.2, 0) is 14.3 Å². The number of ether oxygens (including phenoxy) is 2. The molecule has 1 fully saturated rings. The molecule has 1 aromatic heterocycles. The van der Waals surface area contributed by atoms with Gasteiger partial charge in [0.25, 0.3) is 5.91 Å². The Morgan fingerprint density at radius 1 is 1.28 bits per heavy atom. The zero-order valence-corrected chi connectivity index (χ0v) is 18.4. The summed E-state index contributed by atoms with van der Waals surface area (Å²) in [6.07, 6.45) is 1.87. The molecule has 1 atom stereocenters. The smallest absolute Gasteiger partial charge is 0.341 e. The van der Waals surface area contributed by atoms with Gasteiger partial charge >= 0.3 is 5.97 Å². The van der Waals surface area contributed by atoms with Gasteiger partial charge in [-0.2, -0.15) is 0 Å². The van der Waals surface area contributed by atoms with Crippen LogP contribution < -0.4 is 5.32 Å². The highest BCUT2D eigenvalue weighted by Gasteiger charge is 2.29. The molecule has 1 aliphatic rings. The molecule has 156 valence electrons. The number of aryl methyl sites for hydroxylation is 1. The number of hydrogen-bond acceptors (Lipinski definition) is 5. The van der Waals surface area contributed by atoms with Gasteiger partial charge in [-0.15, -0.1) is 11.3 Å². The first-order valence-corrected chi connectivity index (χ1v) is 11.1. The Labute approximate surface area is 176 Å². The van der Waals surface area contributed by atoms with Gasteiger partial charge in [0.1, 0.15) is 16.7 Å². The van der Waals surface area contributed by atoms with Crippen molar-refractivity contribution in [1.82, 2.24) is 0 Å². The highest BCUT2D eigenvalue weighted by atomic mass is 32.1. The molecule has 5 nitrogen and oxygen atoms in total. The number of amides is 1. The van der Waals surface area contributed by atoms with E-state index in [1.54, 1.807) is 0 Å². The molecule has 29 heavy (non-hydrogen) atoms. The van der Waals surface area contributed by atoms with Crippen molar-refractivity contribution in [2.75, 3.05) is 18.5 Å². The Bertz CT molecular complexity index is 864. The average molecular weight is 416 g/mol. The van der Waals surface area contributed by atoms with Gasteiger partial charge in [-0.1, -0.05) is 45.0 Å². The maximum absolute atomic E-state index is 12.9. The molecule has 2 heterocycles. The van der Waals surface area contributed by atoms with Gasteiger partial charge in [-0.3, -0.25) is 4.79 Å². The Morgan fingerprint density at radius 3 is 2.59 bits per heavy atom. The highest BCUT2D eigenvalue weighted by Crippen LogP contribution is 2.41. The molecule has 0 saturated carbocycles. The minimum atomic E-state index is -0.453. The van der Waals surface area contributed by atoms with E-state index < -0.39 is 12.1 Å². The molecule has 6 heteroatoms. The third-order valence-corrected chi connectivity index (χ3v) is 6.07. The van der Waals surface area contributed by atoms with Crippen molar-refractivity contribution in [3.63, 3.8) is 0 Å². The molecule has 1 aromatic carbocycles. The topological polar surface area (TPSA) is 64.6 Å². The first kappa shape index (κ1) is 21.5. The van der Waals surface area contributed by atoms with Gasteiger partial charge in [-0.25, -0.2) is 4.79 Å². The summed E-state index contributed by atoms with van der Waals surface area (Å²) in [4.78, 5) is 26.5. The van der Waals surface area contributed by atoms with E-state index in [-0.39, 0.29) is 5.91 Å². The van der Waals surface area contributed by atoms with Gasteiger partial charge in [0.15, 0.2) is 0 Å². The molecule has 0 spiro atoms. The second-order valence-electron chi connectivity index (χ2n) is 7.64. The summed E-state index contributed by atoms with van der Waals surface area (Å²) < 4.78 is 10.9. The average Bonchev–Trinajstić information content (AvgIpc) is 3.34. The third-order valence-electron chi connectivity index (χ3n) is 5.05. The van der Waals surface area contributed by atoms with Gasteiger partial charge in [0.05, 0.1) is 6.61 Å². The standard InChI is InChI=1S/C23H29NO4S/c1-5-12-28-23(26)20-19(17-10-8-16(9-11-17)14(2)3)15(4)29-22(20)24-21(25)18-7-6-13-27-18/h8-11,14,18H,5-7,12-13H2,1-4H3,(H,24,25)/t18-/m0/s1. The van der Waals surface area contributed by atoms with Crippen LogP contribution in [0.15, 0.2) is 24.3 Å². The van der Waals surface area contributed by atoms with E-state index in [4.69, 9.17) is 9.47 Å². The summed E-state index contributed by atoms with van der Waals surface area (Å²) in [5, 5.41) is 3.46. The fourth-order valence-corrected chi connectivity index (χ4v) is 4.52. The van der Waals surface area contributed by atoms with Crippen LogP contribution in [0, 0.1) is 6.92 Å². The molecule has 1 saturated heterocycles. The number of carbonyl (C=O) groups is 2. The molecule has 1 amide bonds. The number of anilines is 1. The maximum Gasteiger partial charge on any atom is 0.341 e. The molecule has 2 aromatic rings. The van der Waals surface area contributed by atoms with E-state index in [0.29, 0.717) is 36.1 Å². The summed E-state index contributed by atoms with van der Waals surface area (Å²) in [7, 11) is 0. The van der Waals surface area contributed by atoms with Crippen LogP contribution in [0.4, 0.5) is 5.00 Å². The molecule has 0 radical (unpaired) electrons. The number of carbonyl (C=O) groups excluding carboxylic acids is 2. The number of hydrogen-bond donors (Lipinski definition) is 1. The summed E-state index contributed by atoms with van der Waals surface area (Å²) in [6.45, 7) is 9.17. The lowest BCUT2D eigenvalue weighted by Crippen LogP contribution is -2.27. The van der Waals surface area contributed by atoms with E-state index in [2.05, 4.69) is 31.3 Å². The SMILES string of the molecule is CCCOC(=O)c1c(NC(=O)[C@@H]2CCCO2)sc(C)c1-c1ccc(C(C)C)cc1. The fourth-order valence-electron chi connectivity index (χ4n) is 3.45. The summed E-state index contributed by atoms with van der Waals surface area (Å²) >= 11 is 1.41. The quantitative estimate of drug-likeness (QED) is 0.604. The number of nitrogens with one attached hydrogen (secondary N) is 1. The van der Waals surface area contributed by atoms with Crippen molar-refractivity contribution in [1.29, 1.82) is 0 Å². The maximum atomic E-state index is 12.9. The molecular formula is C23H29NO4S. The van der Waals surface area contributed by atoms with Crippen molar-refractivity contribution >= 4 is 28.2 Å². The second-order valence-corrected chi connectivity index (χ2v) is 8.87. The van der Waals surface area contributed by atoms with Crippen LogP contribution in [0.3, 0.4) is 0 Å². The van der Waals surface area contributed by atoms with E-state index in [9.17, 15) is 9.59 Å². The highest BCUT2D eigenvalue weighted by molar-refractivity contribution is 7.17. The first-order chi connectivity index (χ1) is 13.9. The van der Waals surface area contributed by atoms with Gasteiger partial charge in [0, 0.05) is 17.0 Å². The molecule has 0 bridgehead atoms. The van der Waals surface area contributed by atoms with Gasteiger partial charge < -0.3 is 14.8 Å². The Balaban J connectivity index is 1.98. The predicted molar refractivity (Wildman–Crippen MR) is 117 cm³/mol. The second kappa shape index (κ2) is 9.55. The predicted octanol–water partition coefficient (Wildman–Crippen LogP) is 5.53. The van der Waals surface area contributed by atoms with Crippen molar-refractivity contribution in [3.8, 4) is 11.1 Å². The Morgan fingerprint density at radius 2 is 2.00 bits per heavy atom. The fraction of sp³-hybridized carbons (Fsp3) is 0.478. The molecule has 0 aliphatic carbocycles. The van der Waals surface area contributed by atoms with Crippen LogP contribution in [0.1, 0.15) is 66.8 Å². The first-order valence-electron chi connectivity index (χ1n) is 10.3. The van der Waals surface area contributed by atoms with Crippen LogP contribution in [0.2, 0.25) is 0 Å². The molecule has 1 N–H and O–H groups in total. The van der Waals surface area contributed by atoms with E-state index in [0.717, 1.165) is 28.8 Å². The number of thiophene rings is 1. The van der Waals surface area contributed by atoms with Crippen molar-refractivity contribution in [2.24, 2.45) is 0 Å². The summed E-state index contributed by atoms with van der Waals surface area (Å²) in [5.74, 6) is -0.167. The van der Waals surface area contributed by atoms with Gasteiger partial charge in [-0.05, 0) is 43.2 Å². The minimum absolute atomic E-state index is 0.199. The lowest BCUT2D eigenvalue weighted by molar-refractivity contribution is -0.124. The minimum Gasteiger partial charge on any atom is -0.462 e. The van der Waals surface area contributed by atoms with E-state index >= 15 is 0 Å². The van der Waals surface area contributed by atoms with Crippen LogP contribution in [0.5, 0.6) is 0 Å². The Kier molecular flexibility index (Phi) is 7.09. The zero-order valence-electron chi connectivity index (χ0n) is 17.5. The number of esters is 1. The number of rotatable bonds is 7. The van der Waals surface area contributed by atoms with Crippen molar-refractivity contribution < 1.29 is 19.1 Å². The summed E-state index contributed by atoms with van der Waals surface area (Å²) in [6, 6.07) is 8.24. The lowest BCUT2D eigenvalue weighted by atomic mass is 9.97. The van der Waals surface area contributed by atoms with Gasteiger partial charge in [0.2, 0.25) is 0 Å². The third kappa shape index (κ3) is 4.87. The molecular weight excluding hydrogens is 386 g/mol. The number of benzene rings is 1. The van der Waals surface area contributed by atoms with Crippen LogP contribution in [0.25, 0.3) is 11.1 Å². The van der Waals surface area contributed by atoms with Crippen molar-refractivity contribution in [3.05, 3.63) is 40.3 Å². The largest absolute Gasteiger partial charge is 0.462 e.